The number of allylic oxidation sites excluding steroid dienone is 1. The van der Waals surface area contributed by atoms with Gasteiger partial charge in [-0.15, -0.1) is 0 Å². The fourth-order valence-corrected chi connectivity index (χ4v) is 6.55. The second-order valence-corrected chi connectivity index (χ2v) is 8.78. The van der Waals surface area contributed by atoms with Gasteiger partial charge < -0.3 is 10.2 Å². The summed E-state index contributed by atoms with van der Waals surface area (Å²) in [7, 11) is 0. The fourth-order valence-electron chi connectivity index (χ4n) is 6.55. The Morgan fingerprint density at radius 2 is 1.73 bits per heavy atom. The molecule has 3 fully saturated rings. The van der Waals surface area contributed by atoms with Crippen LogP contribution < -0.4 is 0 Å². The molecule has 0 saturated heterocycles. The first-order valence-corrected chi connectivity index (χ1v) is 8.97. The van der Waals surface area contributed by atoms with E-state index in [9.17, 15) is 15.0 Å². The first-order valence-electron chi connectivity index (χ1n) is 8.97. The van der Waals surface area contributed by atoms with Crippen LogP contribution in [0.1, 0.15) is 65.2 Å². The lowest BCUT2D eigenvalue weighted by atomic mass is 9.47. The number of hydrogen-bond acceptors (Lipinski definition) is 3. The van der Waals surface area contributed by atoms with E-state index in [-0.39, 0.29) is 10.8 Å². The van der Waals surface area contributed by atoms with Gasteiger partial charge in [-0.05, 0) is 67.8 Å². The topological polar surface area (TPSA) is 57.5 Å². The molecule has 22 heavy (non-hydrogen) atoms. The van der Waals surface area contributed by atoms with Crippen LogP contribution in [0.15, 0.2) is 11.6 Å². The van der Waals surface area contributed by atoms with E-state index in [0.29, 0.717) is 36.4 Å². The van der Waals surface area contributed by atoms with Crippen molar-refractivity contribution in [2.75, 3.05) is 0 Å². The smallest absolute Gasteiger partial charge is 0.168 e. The highest BCUT2D eigenvalue weighted by Crippen LogP contribution is 2.66. The maximum atomic E-state index is 11.8. The molecule has 122 valence electrons. The molecule has 0 radical (unpaired) electrons. The number of carbonyl (C=O) groups excluding carboxylic acids is 1. The molecule has 3 saturated carbocycles. The van der Waals surface area contributed by atoms with E-state index in [4.69, 9.17) is 0 Å². The molecule has 0 aromatic rings. The van der Waals surface area contributed by atoms with Gasteiger partial charge >= 0.3 is 0 Å². The summed E-state index contributed by atoms with van der Waals surface area (Å²) in [6, 6.07) is 0. The van der Waals surface area contributed by atoms with Gasteiger partial charge in [-0.1, -0.05) is 19.4 Å². The van der Waals surface area contributed by atoms with Gasteiger partial charge in [0.2, 0.25) is 0 Å². The average Bonchev–Trinajstić information content (AvgIpc) is 2.70. The average molecular weight is 304 g/mol. The van der Waals surface area contributed by atoms with Crippen LogP contribution in [0.4, 0.5) is 0 Å². The molecule has 0 amide bonds. The minimum absolute atomic E-state index is 0.175. The molecule has 0 aromatic carbocycles. The van der Waals surface area contributed by atoms with Crippen molar-refractivity contribution in [3.63, 3.8) is 0 Å². The lowest BCUT2D eigenvalue weighted by molar-refractivity contribution is -0.247. The van der Waals surface area contributed by atoms with Gasteiger partial charge in [-0.25, -0.2) is 0 Å². The van der Waals surface area contributed by atoms with Crippen molar-refractivity contribution in [3.05, 3.63) is 11.6 Å². The highest BCUT2D eigenvalue weighted by Gasteiger charge is 2.63. The number of ketones is 1. The van der Waals surface area contributed by atoms with Crippen molar-refractivity contribution in [1.82, 2.24) is 0 Å². The number of fused-ring (bicyclic) bond motifs is 5. The van der Waals surface area contributed by atoms with Gasteiger partial charge in [-0.2, -0.15) is 0 Å². The van der Waals surface area contributed by atoms with E-state index in [1.54, 1.807) is 0 Å². The van der Waals surface area contributed by atoms with Crippen LogP contribution >= 0.6 is 0 Å². The van der Waals surface area contributed by atoms with Crippen LogP contribution in [0.25, 0.3) is 0 Å². The summed E-state index contributed by atoms with van der Waals surface area (Å²) in [6.45, 7) is 4.46. The molecule has 0 bridgehead atoms. The third-order valence-corrected chi connectivity index (χ3v) is 8.07. The van der Waals surface area contributed by atoms with Gasteiger partial charge in [0, 0.05) is 18.3 Å². The Labute approximate surface area is 132 Å². The third-order valence-electron chi connectivity index (χ3n) is 8.07. The first-order chi connectivity index (χ1) is 10.3. The molecule has 0 aliphatic heterocycles. The summed E-state index contributed by atoms with van der Waals surface area (Å²) < 4.78 is 0. The lowest BCUT2D eigenvalue weighted by Gasteiger charge is -2.58. The minimum atomic E-state index is -1.48. The maximum Gasteiger partial charge on any atom is 0.168 e. The van der Waals surface area contributed by atoms with Gasteiger partial charge in [0.15, 0.2) is 11.6 Å². The summed E-state index contributed by atoms with van der Waals surface area (Å²) in [6.07, 6.45) is 9.21. The molecule has 0 unspecified atom stereocenters. The normalized spacial score (nSPS) is 49.9. The molecule has 5 atom stereocenters. The van der Waals surface area contributed by atoms with Crippen LogP contribution in [0, 0.1) is 28.6 Å². The molecule has 4 rings (SSSR count). The van der Waals surface area contributed by atoms with Crippen molar-refractivity contribution in [2.45, 2.75) is 71.0 Å². The van der Waals surface area contributed by atoms with Gasteiger partial charge in [-0.3, -0.25) is 4.79 Å². The molecule has 0 heterocycles. The third kappa shape index (κ3) is 1.73. The van der Waals surface area contributed by atoms with Crippen LogP contribution in [-0.2, 0) is 4.79 Å². The lowest BCUT2D eigenvalue weighted by Crippen LogP contribution is -2.54. The number of aliphatic hydroxyl groups is 2. The zero-order valence-electron chi connectivity index (χ0n) is 13.8. The van der Waals surface area contributed by atoms with E-state index in [2.05, 4.69) is 13.8 Å². The number of hydrogen-bond donors (Lipinski definition) is 2. The highest BCUT2D eigenvalue weighted by molar-refractivity contribution is 5.91. The van der Waals surface area contributed by atoms with Crippen molar-refractivity contribution in [3.8, 4) is 0 Å². The number of rotatable bonds is 0. The Kier molecular flexibility index (Phi) is 3.01. The molecule has 0 aromatic heterocycles. The first kappa shape index (κ1) is 14.9. The Bertz CT molecular complexity index is 549. The van der Waals surface area contributed by atoms with Gasteiger partial charge in [0.25, 0.3) is 0 Å². The summed E-state index contributed by atoms with van der Waals surface area (Å²) in [5, 5.41) is 20.9. The fraction of sp³-hybridized carbons (Fsp3) is 0.842. The Morgan fingerprint density at radius 1 is 1.00 bits per heavy atom. The van der Waals surface area contributed by atoms with E-state index in [0.717, 1.165) is 38.5 Å². The van der Waals surface area contributed by atoms with E-state index >= 15 is 0 Å². The minimum Gasteiger partial charge on any atom is -0.365 e. The quantitative estimate of drug-likeness (QED) is 0.676. The molecule has 0 spiro atoms. The maximum absolute atomic E-state index is 11.8. The molecular weight excluding hydrogens is 276 g/mol. The highest BCUT2D eigenvalue weighted by atomic mass is 16.5. The second-order valence-electron chi connectivity index (χ2n) is 8.78. The Hall–Kier alpha value is -0.670. The second kappa shape index (κ2) is 4.45. The molecular formula is C19H28O3. The zero-order valence-corrected chi connectivity index (χ0v) is 13.8. The Balaban J connectivity index is 1.70. The van der Waals surface area contributed by atoms with Crippen LogP contribution in [-0.4, -0.2) is 21.8 Å². The monoisotopic (exact) mass is 304 g/mol. The molecule has 4 aliphatic rings. The van der Waals surface area contributed by atoms with Crippen LogP contribution in [0.2, 0.25) is 0 Å². The molecule has 3 heteroatoms. The predicted octanol–water partition coefficient (Wildman–Crippen LogP) is 3.20. The Morgan fingerprint density at radius 3 is 2.50 bits per heavy atom. The molecule has 2 N–H and O–H groups in total. The van der Waals surface area contributed by atoms with E-state index in [1.165, 1.54) is 5.57 Å². The van der Waals surface area contributed by atoms with Crippen molar-refractivity contribution in [1.29, 1.82) is 0 Å². The van der Waals surface area contributed by atoms with Crippen LogP contribution in [0.3, 0.4) is 0 Å². The summed E-state index contributed by atoms with van der Waals surface area (Å²) in [5.41, 5.74) is 1.22. The van der Waals surface area contributed by atoms with Crippen LogP contribution in [0.5, 0.6) is 0 Å². The van der Waals surface area contributed by atoms with Crippen molar-refractivity contribution >= 4 is 5.78 Å². The molecule has 4 aliphatic carbocycles. The molecule has 3 nitrogen and oxygen atoms in total. The van der Waals surface area contributed by atoms with Gasteiger partial charge in [0.1, 0.15) is 0 Å². The standard InChI is InChI=1S/C19H28O3/c1-17-8-5-13(20)11-12(17)3-4-14-15(17)6-9-18(2)16(14)7-10-19(18,21)22/h11,14-16,21-22H,3-10H2,1-2H3/t14-,15+,16-,17+,18+/m1/s1. The summed E-state index contributed by atoms with van der Waals surface area (Å²) >= 11 is 0. The summed E-state index contributed by atoms with van der Waals surface area (Å²) in [5.74, 6) is 0.458. The summed E-state index contributed by atoms with van der Waals surface area (Å²) in [4.78, 5) is 11.8. The van der Waals surface area contributed by atoms with Crippen molar-refractivity contribution in [2.24, 2.45) is 28.6 Å². The number of carbonyl (C=O) groups is 1. The largest absolute Gasteiger partial charge is 0.365 e. The zero-order chi connectivity index (χ0) is 15.8. The van der Waals surface area contributed by atoms with E-state index in [1.807, 2.05) is 6.08 Å². The van der Waals surface area contributed by atoms with E-state index < -0.39 is 5.79 Å². The predicted molar refractivity (Wildman–Crippen MR) is 83.9 cm³/mol. The van der Waals surface area contributed by atoms with Crippen molar-refractivity contribution < 1.29 is 15.0 Å². The SMILES string of the molecule is C[C@]12CCC(=O)C=C1CC[C@H]1[C@H]3CCC(O)(O)[C@@]3(C)CC[C@@H]12. The van der Waals surface area contributed by atoms with Gasteiger partial charge in [0.05, 0.1) is 0 Å².